The van der Waals surface area contributed by atoms with E-state index in [2.05, 4.69) is 168 Å². The van der Waals surface area contributed by atoms with Crippen LogP contribution in [0, 0.1) is 5.41 Å². The lowest BCUT2D eigenvalue weighted by Gasteiger charge is -2.39. The molecule has 66 heavy (non-hydrogen) atoms. The van der Waals surface area contributed by atoms with Gasteiger partial charge in [-0.25, -0.2) is 4.99 Å². The highest BCUT2D eigenvalue weighted by atomic mass is 16.3. The Hall–Kier alpha value is -8.54. The van der Waals surface area contributed by atoms with E-state index in [4.69, 9.17) is 20.6 Å². The first kappa shape index (κ1) is 39.1. The molecule has 0 bridgehead atoms. The molecule has 3 N–H and O–H groups in total. The number of rotatable bonds is 7. The van der Waals surface area contributed by atoms with Crippen LogP contribution < -0.4 is 5.73 Å². The molecule has 13 rings (SSSR count). The van der Waals surface area contributed by atoms with Crippen molar-refractivity contribution in [2.45, 2.75) is 18.3 Å². The molecule has 1 unspecified atom stereocenters. The van der Waals surface area contributed by atoms with Crippen LogP contribution in [0.2, 0.25) is 0 Å². The number of fused-ring (bicyclic) bond motifs is 13. The van der Waals surface area contributed by atoms with E-state index in [0.717, 1.165) is 45.5 Å². The minimum absolute atomic E-state index is 0.456. The van der Waals surface area contributed by atoms with Crippen LogP contribution in [-0.4, -0.2) is 16.6 Å². The number of nitrogens with one attached hydrogen (secondary N) is 1. The summed E-state index contributed by atoms with van der Waals surface area (Å²) < 4.78 is 8.95. The first-order valence-electron chi connectivity index (χ1n) is 22.5. The third kappa shape index (κ3) is 6.16. The predicted molar refractivity (Wildman–Crippen MR) is 271 cm³/mol. The first-order chi connectivity index (χ1) is 32.6. The number of hydrogen-bond donors (Lipinski definition) is 2. The summed E-state index contributed by atoms with van der Waals surface area (Å²) in [4.78, 5) is 5.21. The van der Waals surface area contributed by atoms with Crippen molar-refractivity contribution in [1.82, 2.24) is 4.57 Å². The Bertz CT molecular complexity index is 3680. The zero-order valence-corrected chi connectivity index (χ0v) is 36.2. The van der Waals surface area contributed by atoms with Crippen molar-refractivity contribution in [3.63, 3.8) is 0 Å². The zero-order valence-electron chi connectivity index (χ0n) is 36.2. The third-order valence-electron chi connectivity index (χ3n) is 13.5. The van der Waals surface area contributed by atoms with Crippen LogP contribution in [0.4, 0.5) is 5.69 Å². The average molecular weight is 849 g/mol. The Morgan fingerprint density at radius 3 is 1.95 bits per heavy atom. The fraction of sp³-hybridized carbons (Fsp3) is 0.0492. The van der Waals surface area contributed by atoms with E-state index in [-0.39, 0.29) is 0 Å². The molecule has 0 amide bonds. The second kappa shape index (κ2) is 15.9. The number of amidine groups is 1. The van der Waals surface area contributed by atoms with E-state index in [0.29, 0.717) is 12.3 Å². The van der Waals surface area contributed by atoms with Crippen molar-refractivity contribution < 1.29 is 4.42 Å². The zero-order chi connectivity index (χ0) is 44.2. The molecule has 3 heterocycles. The number of aliphatic imine (C=N–C) groups is 1. The van der Waals surface area contributed by atoms with E-state index < -0.39 is 5.41 Å². The molecule has 1 atom stereocenters. The third-order valence-corrected chi connectivity index (χ3v) is 13.5. The summed E-state index contributed by atoms with van der Waals surface area (Å²) >= 11 is 0. The van der Waals surface area contributed by atoms with Crippen LogP contribution in [0.5, 0.6) is 0 Å². The number of nitrogens with two attached hydrogens (primary N) is 1. The second-order valence-corrected chi connectivity index (χ2v) is 17.2. The van der Waals surface area contributed by atoms with E-state index in [1.54, 1.807) is 0 Å². The van der Waals surface area contributed by atoms with Crippen molar-refractivity contribution in [1.29, 1.82) is 5.41 Å². The number of hydrogen-bond acceptors (Lipinski definition) is 3. The Morgan fingerprint density at radius 2 is 1.18 bits per heavy atom. The fourth-order valence-corrected chi connectivity index (χ4v) is 10.7. The molecule has 1 aliphatic heterocycles. The van der Waals surface area contributed by atoms with Gasteiger partial charge < -0.3 is 20.1 Å². The Kier molecular flexibility index (Phi) is 9.42. The Balaban J connectivity index is 0.000000519. The number of nitrogens with zero attached hydrogens (tertiary/aromatic N) is 2. The SMILES string of the molecule is N=Cc1ccccc1.NC(=Nc1c(Cc2ccccc2)oc2ccccc12)c1ccc2c(c1)-c1c(Cc3ccccc3)cccc1C21c2ccccc2-n2c3ccccc3c3cccc1c32. The summed E-state index contributed by atoms with van der Waals surface area (Å²) in [6, 6.07) is 77.3. The van der Waals surface area contributed by atoms with Gasteiger partial charge >= 0.3 is 0 Å². The molecule has 314 valence electrons. The molecule has 0 saturated heterocycles. The van der Waals surface area contributed by atoms with Crippen LogP contribution in [0.25, 0.3) is 49.6 Å². The molecular weight excluding hydrogens is 805 g/mol. The van der Waals surface area contributed by atoms with Gasteiger partial charge in [0, 0.05) is 34.4 Å². The lowest BCUT2D eigenvalue weighted by atomic mass is 9.65. The van der Waals surface area contributed by atoms with E-state index in [9.17, 15) is 0 Å². The standard InChI is InChI=1S/C54H37N3O.C7H7N/c55-53(56-51-40-21-8-12-28-48(40)58-49(51)32-35-17-5-2-6-18-35)37-29-30-42-41(33-37)50-36(31-34-15-3-1-4-16-34)19-13-24-44(50)54(42)43-23-9-11-27-47(43)57-46-26-10-7-20-38(46)39-22-14-25-45(54)52(39)57;8-6-7-4-2-1-3-5-7/h1-30,33H,31-32H2,(H2,55,56);1-6,8H. The maximum atomic E-state index is 7.13. The van der Waals surface area contributed by atoms with Crippen LogP contribution in [0.15, 0.2) is 228 Å². The highest BCUT2D eigenvalue weighted by molar-refractivity contribution is 6.13. The van der Waals surface area contributed by atoms with Gasteiger partial charge in [0.05, 0.1) is 22.1 Å². The summed E-state index contributed by atoms with van der Waals surface area (Å²) in [6.07, 6.45) is 2.76. The van der Waals surface area contributed by atoms with E-state index in [1.807, 2.05) is 54.6 Å². The summed E-state index contributed by atoms with van der Waals surface area (Å²) in [7, 11) is 0. The average Bonchev–Trinajstić information content (AvgIpc) is 4.01. The fourth-order valence-electron chi connectivity index (χ4n) is 10.7. The molecule has 5 heteroatoms. The second-order valence-electron chi connectivity index (χ2n) is 17.2. The van der Waals surface area contributed by atoms with Gasteiger partial charge in [0.15, 0.2) is 0 Å². The largest absolute Gasteiger partial charge is 0.458 e. The van der Waals surface area contributed by atoms with Gasteiger partial charge in [-0.15, -0.1) is 0 Å². The van der Waals surface area contributed by atoms with Crippen LogP contribution in [0.3, 0.4) is 0 Å². The molecule has 0 saturated carbocycles. The van der Waals surface area contributed by atoms with Gasteiger partial charge in [0.25, 0.3) is 0 Å². The first-order valence-corrected chi connectivity index (χ1v) is 22.5. The van der Waals surface area contributed by atoms with Gasteiger partial charge in [-0.05, 0) is 92.4 Å². The Morgan fingerprint density at radius 1 is 0.561 bits per heavy atom. The molecule has 9 aromatic carbocycles. The highest BCUT2D eigenvalue weighted by Gasteiger charge is 2.51. The van der Waals surface area contributed by atoms with Crippen LogP contribution >= 0.6 is 0 Å². The van der Waals surface area contributed by atoms with Crippen molar-refractivity contribution in [3.8, 4) is 16.8 Å². The van der Waals surface area contributed by atoms with Gasteiger partial charge in [-0.3, -0.25) is 0 Å². The molecule has 0 radical (unpaired) electrons. The monoisotopic (exact) mass is 848 g/mol. The van der Waals surface area contributed by atoms with E-state index >= 15 is 0 Å². The number of aromatic nitrogens is 1. The quantitative estimate of drug-likeness (QED) is 0.124. The number of para-hydroxylation sites is 4. The molecule has 1 spiro atoms. The minimum atomic E-state index is -0.564. The molecule has 11 aromatic rings. The van der Waals surface area contributed by atoms with Crippen molar-refractivity contribution in [3.05, 3.63) is 274 Å². The van der Waals surface area contributed by atoms with Gasteiger partial charge in [-0.2, -0.15) is 0 Å². The summed E-state index contributed by atoms with van der Waals surface area (Å²) in [5.41, 5.74) is 25.0. The van der Waals surface area contributed by atoms with Crippen molar-refractivity contribution in [2.75, 3.05) is 0 Å². The molecule has 1 aliphatic carbocycles. The topological polar surface area (TPSA) is 80.3 Å². The normalized spacial score (nSPS) is 14.5. The molecule has 2 aliphatic rings. The van der Waals surface area contributed by atoms with Crippen molar-refractivity contribution in [2.24, 2.45) is 10.7 Å². The van der Waals surface area contributed by atoms with Crippen molar-refractivity contribution >= 4 is 50.5 Å². The minimum Gasteiger partial charge on any atom is -0.458 e. The predicted octanol–water partition coefficient (Wildman–Crippen LogP) is 14.1. The number of furan rings is 1. The summed E-state index contributed by atoms with van der Waals surface area (Å²) in [5, 5.41) is 10.3. The summed E-state index contributed by atoms with van der Waals surface area (Å²) in [6.45, 7) is 0. The highest BCUT2D eigenvalue weighted by Crippen LogP contribution is 2.61. The lowest BCUT2D eigenvalue weighted by molar-refractivity contribution is 0.564. The molecule has 2 aromatic heterocycles. The maximum Gasteiger partial charge on any atom is 0.136 e. The van der Waals surface area contributed by atoms with Gasteiger partial charge in [0.1, 0.15) is 22.9 Å². The Labute approximate surface area is 383 Å². The van der Waals surface area contributed by atoms with Crippen LogP contribution in [0.1, 0.15) is 55.8 Å². The molecule has 0 fully saturated rings. The smallest absolute Gasteiger partial charge is 0.136 e. The maximum absolute atomic E-state index is 7.13. The van der Waals surface area contributed by atoms with Crippen LogP contribution in [-0.2, 0) is 18.3 Å². The molecular formula is C61H44N4O. The molecule has 5 nitrogen and oxygen atoms in total. The number of benzene rings is 9. The van der Waals surface area contributed by atoms with E-state index in [1.165, 1.54) is 78.2 Å². The summed E-state index contributed by atoms with van der Waals surface area (Å²) in [5.74, 6) is 1.26. The lowest BCUT2D eigenvalue weighted by Crippen LogP contribution is -2.33. The van der Waals surface area contributed by atoms with Gasteiger partial charge in [-0.1, -0.05) is 188 Å². The van der Waals surface area contributed by atoms with Gasteiger partial charge in [0.2, 0.25) is 0 Å².